The van der Waals surface area contributed by atoms with E-state index in [2.05, 4.69) is 0 Å². The molecule has 0 aliphatic rings. The van der Waals surface area contributed by atoms with Gasteiger partial charge in [0.05, 0.1) is 16.6 Å². The van der Waals surface area contributed by atoms with Crippen molar-refractivity contribution in [3.63, 3.8) is 0 Å². The molecule has 0 saturated heterocycles. The average molecular weight is 270 g/mol. The van der Waals surface area contributed by atoms with Crippen LogP contribution in [-0.4, -0.2) is 38.9 Å². The van der Waals surface area contributed by atoms with E-state index in [4.69, 9.17) is 10.8 Å². The third-order valence-electron chi connectivity index (χ3n) is 2.62. The molecule has 104 valence electrons. The van der Waals surface area contributed by atoms with Crippen LogP contribution in [0, 0.1) is 10.1 Å². The van der Waals surface area contributed by atoms with E-state index >= 15 is 0 Å². The van der Waals surface area contributed by atoms with Crippen LogP contribution in [0.2, 0.25) is 0 Å². The Hall–Kier alpha value is -2.03. The number of non-ortho nitro benzene ring substituents is 1. The Labute approximate surface area is 108 Å². The second kappa shape index (κ2) is 6.23. The molecule has 0 aliphatic carbocycles. The van der Waals surface area contributed by atoms with E-state index in [1.54, 1.807) is 0 Å². The molecule has 0 aromatic heterocycles. The summed E-state index contributed by atoms with van der Waals surface area (Å²) in [6.07, 6.45) is -2.61. The predicted molar refractivity (Wildman–Crippen MR) is 64.7 cm³/mol. The van der Waals surface area contributed by atoms with Crippen molar-refractivity contribution in [2.24, 2.45) is 5.73 Å². The van der Waals surface area contributed by atoms with Crippen LogP contribution in [0.25, 0.3) is 0 Å². The highest BCUT2D eigenvalue weighted by molar-refractivity contribution is 5.90. The lowest BCUT2D eigenvalue weighted by molar-refractivity contribution is -0.384. The molecule has 8 heteroatoms. The number of nitrogens with two attached hydrogens (primary N) is 1. The Kier molecular flexibility index (Phi) is 4.93. The Bertz CT molecular complexity index is 490. The lowest BCUT2D eigenvalue weighted by atomic mass is 9.96. The summed E-state index contributed by atoms with van der Waals surface area (Å²) in [5.74, 6) is -1.42. The molecule has 1 aromatic rings. The van der Waals surface area contributed by atoms with Gasteiger partial charge in [0.25, 0.3) is 5.69 Å². The second-order valence-electron chi connectivity index (χ2n) is 3.92. The number of nitro groups is 1. The number of nitrogens with zero attached hydrogens (tertiary/aromatic N) is 1. The summed E-state index contributed by atoms with van der Waals surface area (Å²) in [7, 11) is 0. The second-order valence-corrected chi connectivity index (χ2v) is 3.92. The van der Waals surface area contributed by atoms with Crippen LogP contribution in [-0.2, 0) is 0 Å². The summed E-state index contributed by atoms with van der Waals surface area (Å²) in [6, 6.07) is 3.03. The van der Waals surface area contributed by atoms with Crippen molar-refractivity contribution in [2.45, 2.75) is 18.6 Å². The number of carboxylic acid groups (broad SMARTS) is 1. The van der Waals surface area contributed by atoms with E-state index < -0.39 is 34.4 Å². The molecule has 0 aliphatic heterocycles. The van der Waals surface area contributed by atoms with Gasteiger partial charge >= 0.3 is 5.97 Å². The Morgan fingerprint density at radius 3 is 2.53 bits per heavy atom. The van der Waals surface area contributed by atoms with Gasteiger partial charge in [-0.1, -0.05) is 0 Å². The number of aromatic carboxylic acids is 1. The van der Waals surface area contributed by atoms with Crippen LogP contribution < -0.4 is 5.73 Å². The van der Waals surface area contributed by atoms with Gasteiger partial charge in [0.15, 0.2) is 0 Å². The maximum Gasteiger partial charge on any atom is 0.336 e. The lowest BCUT2D eigenvalue weighted by Gasteiger charge is -2.19. The third kappa shape index (κ3) is 3.47. The Balaban J connectivity index is 3.20. The first kappa shape index (κ1) is 15.0. The third-order valence-corrected chi connectivity index (χ3v) is 2.62. The maximum atomic E-state index is 11.0. The molecule has 1 rings (SSSR count). The number of carbonyl (C=O) groups is 1. The number of aliphatic hydroxyl groups excluding tert-OH is 2. The van der Waals surface area contributed by atoms with Crippen LogP contribution in [0.5, 0.6) is 0 Å². The molecule has 0 radical (unpaired) electrons. The van der Waals surface area contributed by atoms with Crippen molar-refractivity contribution in [1.29, 1.82) is 0 Å². The molecule has 8 nitrogen and oxygen atoms in total. The van der Waals surface area contributed by atoms with Crippen molar-refractivity contribution in [2.75, 3.05) is 6.54 Å². The number of rotatable bonds is 6. The fraction of sp³-hybridized carbons (Fsp3) is 0.364. The van der Waals surface area contributed by atoms with Crippen LogP contribution >= 0.6 is 0 Å². The zero-order valence-corrected chi connectivity index (χ0v) is 9.89. The molecule has 5 N–H and O–H groups in total. The minimum absolute atomic E-state index is 0.0806. The molecule has 0 heterocycles. The first-order valence-electron chi connectivity index (χ1n) is 5.46. The fourth-order valence-corrected chi connectivity index (χ4v) is 1.64. The van der Waals surface area contributed by atoms with Gasteiger partial charge in [0.1, 0.15) is 6.10 Å². The topological polar surface area (TPSA) is 147 Å². The fourth-order valence-electron chi connectivity index (χ4n) is 1.64. The van der Waals surface area contributed by atoms with Crippen molar-refractivity contribution in [3.05, 3.63) is 39.4 Å². The predicted octanol–water partition coefficient (Wildman–Crippen LogP) is 0.0361. The number of hydrogen-bond donors (Lipinski definition) is 4. The monoisotopic (exact) mass is 270 g/mol. The number of hydrogen-bond acceptors (Lipinski definition) is 6. The van der Waals surface area contributed by atoms with Crippen molar-refractivity contribution in [1.82, 2.24) is 0 Å². The average Bonchev–Trinajstić information content (AvgIpc) is 2.37. The van der Waals surface area contributed by atoms with Crippen LogP contribution in [0.4, 0.5) is 5.69 Å². The Morgan fingerprint density at radius 1 is 1.42 bits per heavy atom. The summed E-state index contributed by atoms with van der Waals surface area (Å²) >= 11 is 0. The van der Waals surface area contributed by atoms with Gasteiger partial charge in [-0.2, -0.15) is 0 Å². The first-order valence-corrected chi connectivity index (χ1v) is 5.46. The van der Waals surface area contributed by atoms with Gasteiger partial charge in [0.2, 0.25) is 0 Å². The highest BCUT2D eigenvalue weighted by atomic mass is 16.6. The highest BCUT2D eigenvalue weighted by Crippen LogP contribution is 2.26. The maximum absolute atomic E-state index is 11.0. The summed E-state index contributed by atoms with van der Waals surface area (Å²) in [6.45, 7) is 0.119. The zero-order valence-electron chi connectivity index (χ0n) is 9.89. The van der Waals surface area contributed by atoms with E-state index in [1.807, 2.05) is 0 Å². The molecular weight excluding hydrogens is 256 g/mol. The molecule has 0 amide bonds. The van der Waals surface area contributed by atoms with Gasteiger partial charge in [-0.3, -0.25) is 10.1 Å². The van der Waals surface area contributed by atoms with Gasteiger partial charge in [-0.25, -0.2) is 4.79 Å². The van der Waals surface area contributed by atoms with Gasteiger partial charge in [0, 0.05) is 12.1 Å². The van der Waals surface area contributed by atoms with Crippen LogP contribution in [0.15, 0.2) is 18.2 Å². The molecule has 2 unspecified atom stereocenters. The quantitative estimate of drug-likeness (QED) is 0.421. The highest BCUT2D eigenvalue weighted by Gasteiger charge is 2.25. The molecule has 0 saturated carbocycles. The van der Waals surface area contributed by atoms with E-state index in [1.165, 1.54) is 0 Å². The molecule has 1 aromatic carbocycles. The molecule has 0 bridgehead atoms. The summed E-state index contributed by atoms with van der Waals surface area (Å²) in [4.78, 5) is 20.9. The van der Waals surface area contributed by atoms with Gasteiger partial charge < -0.3 is 21.1 Å². The van der Waals surface area contributed by atoms with E-state index in [-0.39, 0.29) is 18.5 Å². The van der Waals surface area contributed by atoms with Crippen LogP contribution in [0.1, 0.15) is 28.4 Å². The normalized spacial score (nSPS) is 13.8. The molecule has 0 spiro atoms. The standard InChI is InChI=1S/C11H14N2O6/c12-4-3-9(14)10(15)7-2-1-6(13(18)19)5-8(7)11(16)17/h1-2,5,9-10,14-15H,3-4,12H2,(H,16,17). The SMILES string of the molecule is NCCC(O)C(O)c1ccc([N+](=O)[O-])cc1C(=O)O. The van der Waals surface area contributed by atoms with Crippen molar-refractivity contribution >= 4 is 11.7 Å². The smallest absolute Gasteiger partial charge is 0.336 e. The number of aliphatic hydroxyl groups is 2. The van der Waals surface area contributed by atoms with Crippen LogP contribution in [0.3, 0.4) is 0 Å². The van der Waals surface area contributed by atoms with Gasteiger partial charge in [-0.15, -0.1) is 0 Å². The van der Waals surface area contributed by atoms with Gasteiger partial charge in [-0.05, 0) is 24.6 Å². The molecule has 2 atom stereocenters. The molecule has 0 fully saturated rings. The summed E-state index contributed by atoms with van der Waals surface area (Å²) < 4.78 is 0. The number of benzene rings is 1. The molecule has 19 heavy (non-hydrogen) atoms. The summed E-state index contributed by atoms with van der Waals surface area (Å²) in [5, 5.41) is 39.0. The summed E-state index contributed by atoms with van der Waals surface area (Å²) in [5.41, 5.74) is 4.33. The zero-order chi connectivity index (χ0) is 14.6. The minimum atomic E-state index is -1.46. The number of carboxylic acids is 1. The van der Waals surface area contributed by atoms with E-state index in [9.17, 15) is 25.1 Å². The first-order chi connectivity index (χ1) is 8.88. The lowest BCUT2D eigenvalue weighted by Crippen LogP contribution is -2.23. The Morgan fingerprint density at radius 2 is 2.05 bits per heavy atom. The van der Waals surface area contributed by atoms with Crippen molar-refractivity contribution < 1.29 is 25.0 Å². The van der Waals surface area contributed by atoms with E-state index in [0.29, 0.717) is 0 Å². The van der Waals surface area contributed by atoms with Crippen molar-refractivity contribution in [3.8, 4) is 0 Å². The largest absolute Gasteiger partial charge is 0.478 e. The minimum Gasteiger partial charge on any atom is -0.478 e. The molecular formula is C11H14N2O6. The van der Waals surface area contributed by atoms with E-state index in [0.717, 1.165) is 18.2 Å². The number of nitro benzene ring substituents is 1.